The van der Waals surface area contributed by atoms with Crippen LogP contribution in [0.2, 0.25) is 5.02 Å². The Kier molecular flexibility index (Phi) is 5.98. The van der Waals surface area contributed by atoms with Crippen LogP contribution in [-0.4, -0.2) is 60.7 Å². The van der Waals surface area contributed by atoms with Crippen molar-refractivity contribution in [3.8, 4) is 5.75 Å². The number of morpholine rings is 1. The lowest BCUT2D eigenvalue weighted by Crippen LogP contribution is -2.47. The van der Waals surface area contributed by atoms with Gasteiger partial charge < -0.3 is 25.0 Å². The van der Waals surface area contributed by atoms with E-state index in [4.69, 9.17) is 21.1 Å². The average molecular weight is 392 g/mol. The molecule has 1 aliphatic heterocycles. The summed E-state index contributed by atoms with van der Waals surface area (Å²) < 4.78 is 10.8. The molecule has 2 aromatic rings. The van der Waals surface area contributed by atoms with Crippen LogP contribution in [0.4, 0.5) is 17.5 Å². The molecule has 0 aliphatic carbocycles. The van der Waals surface area contributed by atoms with Crippen LogP contribution in [0.3, 0.4) is 0 Å². The van der Waals surface area contributed by atoms with Gasteiger partial charge in [-0.05, 0) is 25.1 Å². The predicted octanol–water partition coefficient (Wildman–Crippen LogP) is 2.78. The van der Waals surface area contributed by atoms with Gasteiger partial charge in [-0.25, -0.2) is 4.98 Å². The minimum atomic E-state index is -0.0455. The summed E-state index contributed by atoms with van der Waals surface area (Å²) in [6.07, 6.45) is 1.51. The van der Waals surface area contributed by atoms with Crippen LogP contribution in [0.15, 0.2) is 24.4 Å². The topological polar surface area (TPSA) is 88.6 Å². The first-order valence-corrected chi connectivity index (χ1v) is 8.95. The Morgan fingerprint density at radius 2 is 2.26 bits per heavy atom. The summed E-state index contributed by atoms with van der Waals surface area (Å²) in [6.45, 7) is 3.65. The first-order valence-electron chi connectivity index (χ1n) is 8.57. The highest BCUT2D eigenvalue weighted by molar-refractivity contribution is 6.32. The van der Waals surface area contributed by atoms with Gasteiger partial charge >= 0.3 is 0 Å². The molecule has 144 valence electrons. The highest BCUT2D eigenvalue weighted by Gasteiger charge is 2.25. The average Bonchev–Trinajstić information content (AvgIpc) is 2.69. The number of halogens is 1. The fourth-order valence-corrected chi connectivity index (χ4v) is 3.03. The van der Waals surface area contributed by atoms with Gasteiger partial charge in [-0.2, -0.15) is 4.98 Å². The van der Waals surface area contributed by atoms with Crippen LogP contribution in [0.1, 0.15) is 17.3 Å². The van der Waals surface area contributed by atoms with Gasteiger partial charge in [-0.15, -0.1) is 0 Å². The third-order valence-electron chi connectivity index (χ3n) is 4.30. The molecule has 0 unspecified atom stereocenters. The number of aromatic nitrogens is 2. The zero-order valence-corrected chi connectivity index (χ0v) is 16.2. The first-order chi connectivity index (χ1) is 13.0. The van der Waals surface area contributed by atoms with Gasteiger partial charge in [0.05, 0.1) is 38.2 Å². The molecule has 8 nitrogen and oxygen atoms in total. The number of ether oxygens (including phenoxy) is 2. The third-order valence-corrected chi connectivity index (χ3v) is 4.58. The maximum absolute atomic E-state index is 12.8. The zero-order valence-electron chi connectivity index (χ0n) is 15.5. The van der Waals surface area contributed by atoms with Crippen LogP contribution in [0.5, 0.6) is 5.75 Å². The normalized spacial score (nSPS) is 16.7. The minimum Gasteiger partial charge on any atom is -0.495 e. The Hall–Kier alpha value is -2.58. The Balaban J connectivity index is 1.83. The Morgan fingerprint density at radius 1 is 1.44 bits per heavy atom. The second-order valence-corrected chi connectivity index (χ2v) is 6.51. The molecule has 1 aromatic heterocycles. The molecule has 0 bridgehead atoms. The zero-order chi connectivity index (χ0) is 19.4. The summed E-state index contributed by atoms with van der Waals surface area (Å²) in [6, 6.07) is 5.28. The fourth-order valence-electron chi connectivity index (χ4n) is 2.85. The molecule has 3 rings (SSSR count). The number of carbonyl (C=O) groups is 1. The van der Waals surface area contributed by atoms with Gasteiger partial charge in [0.2, 0.25) is 5.95 Å². The van der Waals surface area contributed by atoms with Crippen LogP contribution in [-0.2, 0) is 4.74 Å². The molecule has 1 amide bonds. The molecule has 2 N–H and O–H groups in total. The van der Waals surface area contributed by atoms with E-state index in [0.717, 1.165) is 0 Å². The maximum Gasteiger partial charge on any atom is 0.254 e. The summed E-state index contributed by atoms with van der Waals surface area (Å²) in [5.41, 5.74) is 1.20. The van der Waals surface area contributed by atoms with Crippen molar-refractivity contribution < 1.29 is 14.3 Å². The van der Waals surface area contributed by atoms with Gasteiger partial charge in [0.15, 0.2) is 0 Å². The number of carbonyl (C=O) groups excluding carboxylic acids is 1. The van der Waals surface area contributed by atoms with Crippen molar-refractivity contribution in [1.29, 1.82) is 0 Å². The van der Waals surface area contributed by atoms with E-state index in [0.29, 0.717) is 53.5 Å². The van der Waals surface area contributed by atoms with Gasteiger partial charge in [-0.1, -0.05) is 11.6 Å². The monoisotopic (exact) mass is 391 g/mol. The highest BCUT2D eigenvalue weighted by Crippen LogP contribution is 2.29. The fraction of sp³-hybridized carbons (Fsp3) is 0.389. The lowest BCUT2D eigenvalue weighted by Gasteiger charge is -2.33. The number of anilines is 3. The lowest BCUT2D eigenvalue weighted by atomic mass is 10.1. The van der Waals surface area contributed by atoms with E-state index in [1.54, 1.807) is 32.4 Å². The molecule has 1 fully saturated rings. The van der Waals surface area contributed by atoms with Gasteiger partial charge in [0.25, 0.3) is 5.91 Å². The number of hydrogen-bond acceptors (Lipinski definition) is 7. The van der Waals surface area contributed by atoms with Crippen molar-refractivity contribution in [2.24, 2.45) is 0 Å². The number of methoxy groups -OCH3 is 1. The molecular formula is C18H22ClN5O3. The Morgan fingerprint density at radius 3 is 2.96 bits per heavy atom. The van der Waals surface area contributed by atoms with Gasteiger partial charge in [-0.3, -0.25) is 4.79 Å². The van der Waals surface area contributed by atoms with E-state index in [9.17, 15) is 4.79 Å². The van der Waals surface area contributed by atoms with Crippen molar-refractivity contribution in [2.45, 2.75) is 13.0 Å². The summed E-state index contributed by atoms with van der Waals surface area (Å²) in [5, 5.41) is 6.42. The van der Waals surface area contributed by atoms with Crippen LogP contribution in [0.25, 0.3) is 0 Å². The quantitative estimate of drug-likeness (QED) is 0.810. The van der Waals surface area contributed by atoms with Gasteiger partial charge in [0, 0.05) is 19.2 Å². The minimum absolute atomic E-state index is 0.0393. The number of nitrogens with zero attached hydrogens (tertiary/aromatic N) is 3. The standard InChI is InChI=1S/C18H22ClN5O3/c1-11-10-27-7-6-24(11)17(25)12-4-5-14(15(8-12)26-3)22-18-21-9-13(19)16(20-2)23-18/h4-5,8-9,11H,6-7,10H2,1-3H3,(H2,20,21,22,23)/t11-/m1/s1. The van der Waals surface area contributed by atoms with Gasteiger partial charge in [0.1, 0.15) is 16.6 Å². The smallest absolute Gasteiger partial charge is 0.254 e. The molecule has 0 radical (unpaired) electrons. The number of amides is 1. The summed E-state index contributed by atoms with van der Waals surface area (Å²) in [4.78, 5) is 23.1. The number of benzene rings is 1. The Bertz CT molecular complexity index is 833. The first kappa shape index (κ1) is 19.2. The lowest BCUT2D eigenvalue weighted by molar-refractivity contribution is 0.00358. The summed E-state index contributed by atoms with van der Waals surface area (Å²) in [7, 11) is 3.28. The van der Waals surface area contributed by atoms with E-state index in [-0.39, 0.29) is 11.9 Å². The molecule has 27 heavy (non-hydrogen) atoms. The summed E-state index contributed by atoms with van der Waals surface area (Å²) in [5.74, 6) is 1.35. The SMILES string of the molecule is CNc1nc(Nc2ccc(C(=O)N3CCOC[C@H]3C)cc2OC)ncc1Cl. The van der Waals surface area contributed by atoms with Crippen LogP contribution >= 0.6 is 11.6 Å². The Labute approximate surface area is 162 Å². The third kappa shape index (κ3) is 4.23. The van der Waals surface area contributed by atoms with E-state index in [2.05, 4.69) is 20.6 Å². The van der Waals surface area contributed by atoms with Crippen molar-refractivity contribution >= 4 is 35.0 Å². The van der Waals surface area contributed by atoms with Crippen LogP contribution in [0, 0.1) is 0 Å². The molecule has 2 heterocycles. The van der Waals surface area contributed by atoms with E-state index in [1.807, 2.05) is 11.8 Å². The molecule has 0 saturated carbocycles. The van der Waals surface area contributed by atoms with Crippen molar-refractivity contribution in [2.75, 3.05) is 44.5 Å². The molecule has 1 saturated heterocycles. The maximum atomic E-state index is 12.8. The van der Waals surface area contributed by atoms with Crippen molar-refractivity contribution in [1.82, 2.24) is 14.9 Å². The highest BCUT2D eigenvalue weighted by atomic mass is 35.5. The van der Waals surface area contributed by atoms with Crippen molar-refractivity contribution in [3.63, 3.8) is 0 Å². The van der Waals surface area contributed by atoms with E-state index in [1.165, 1.54) is 6.20 Å². The number of rotatable bonds is 5. The van der Waals surface area contributed by atoms with E-state index < -0.39 is 0 Å². The molecule has 9 heteroatoms. The molecule has 0 spiro atoms. The molecule has 1 atom stereocenters. The second kappa shape index (κ2) is 8.41. The molecule has 1 aromatic carbocycles. The largest absolute Gasteiger partial charge is 0.495 e. The predicted molar refractivity (Wildman–Crippen MR) is 104 cm³/mol. The van der Waals surface area contributed by atoms with E-state index >= 15 is 0 Å². The number of hydrogen-bond donors (Lipinski definition) is 2. The summed E-state index contributed by atoms with van der Waals surface area (Å²) >= 11 is 6.01. The van der Waals surface area contributed by atoms with Crippen LogP contribution < -0.4 is 15.4 Å². The number of nitrogens with one attached hydrogen (secondary N) is 2. The van der Waals surface area contributed by atoms with Crippen molar-refractivity contribution in [3.05, 3.63) is 35.0 Å². The molecule has 1 aliphatic rings. The second-order valence-electron chi connectivity index (χ2n) is 6.10. The molecular weight excluding hydrogens is 370 g/mol.